The van der Waals surface area contributed by atoms with Crippen molar-refractivity contribution in [1.29, 1.82) is 0 Å². The van der Waals surface area contributed by atoms with E-state index in [2.05, 4.69) is 43.0 Å². The molecular formula is C20H24ClN3O. The van der Waals surface area contributed by atoms with E-state index in [-0.39, 0.29) is 19.0 Å². The number of nitrogens with zero attached hydrogens (tertiary/aromatic N) is 3. The summed E-state index contributed by atoms with van der Waals surface area (Å²) in [7, 11) is 0. The Kier molecular flexibility index (Phi) is 4.76. The van der Waals surface area contributed by atoms with E-state index in [0.29, 0.717) is 6.04 Å². The standard InChI is InChI=1S/C20H23N3O.ClH/c1-13-6-7-17-15(3)22(10-8-16(17)11-13)18-5-4-9-23-19(12-24)14(2)21-20(18)23;/h4-7,9,11,15,24H,8,10,12H2,1-3H3;1H. The number of hydrogen-bond acceptors (Lipinski definition) is 3. The van der Waals surface area contributed by atoms with Gasteiger partial charge in [0, 0.05) is 12.7 Å². The molecule has 0 saturated carbocycles. The minimum absolute atomic E-state index is 0. The third-order valence-corrected chi connectivity index (χ3v) is 5.23. The first-order chi connectivity index (χ1) is 11.6. The van der Waals surface area contributed by atoms with Crippen LogP contribution in [0.2, 0.25) is 0 Å². The summed E-state index contributed by atoms with van der Waals surface area (Å²) >= 11 is 0. The number of rotatable bonds is 2. The lowest BCUT2D eigenvalue weighted by atomic mass is 9.92. The van der Waals surface area contributed by atoms with Gasteiger partial charge in [0.25, 0.3) is 0 Å². The molecule has 4 rings (SSSR count). The quantitative estimate of drug-likeness (QED) is 0.754. The van der Waals surface area contributed by atoms with E-state index in [1.807, 2.05) is 23.6 Å². The number of hydrogen-bond donors (Lipinski definition) is 1. The Hall–Kier alpha value is -2.04. The van der Waals surface area contributed by atoms with Crippen LogP contribution < -0.4 is 4.90 Å². The van der Waals surface area contributed by atoms with Gasteiger partial charge in [-0.3, -0.25) is 4.40 Å². The number of pyridine rings is 1. The predicted octanol–water partition coefficient (Wildman–Crippen LogP) is 3.99. The summed E-state index contributed by atoms with van der Waals surface area (Å²) in [4.78, 5) is 7.16. The van der Waals surface area contributed by atoms with Crippen molar-refractivity contribution >= 4 is 23.7 Å². The van der Waals surface area contributed by atoms with Crippen LogP contribution >= 0.6 is 12.4 Å². The van der Waals surface area contributed by atoms with Crippen molar-refractivity contribution in [2.45, 2.75) is 39.8 Å². The smallest absolute Gasteiger partial charge is 0.161 e. The molecule has 0 amide bonds. The third kappa shape index (κ3) is 2.79. The summed E-state index contributed by atoms with van der Waals surface area (Å²) in [5.41, 5.74) is 8.02. The summed E-state index contributed by atoms with van der Waals surface area (Å²) in [5.74, 6) is 0. The van der Waals surface area contributed by atoms with E-state index in [9.17, 15) is 5.11 Å². The molecule has 5 heteroatoms. The number of benzene rings is 1. The molecule has 0 radical (unpaired) electrons. The molecule has 1 aromatic carbocycles. The molecule has 1 aliphatic rings. The van der Waals surface area contributed by atoms with Gasteiger partial charge in [0.05, 0.1) is 29.7 Å². The van der Waals surface area contributed by atoms with Gasteiger partial charge in [0.15, 0.2) is 5.65 Å². The number of imidazole rings is 1. The number of anilines is 1. The molecule has 1 aliphatic heterocycles. The van der Waals surface area contributed by atoms with Gasteiger partial charge in [-0.05, 0) is 50.5 Å². The van der Waals surface area contributed by atoms with Crippen LogP contribution in [0, 0.1) is 13.8 Å². The SMILES string of the molecule is Cc1ccc2c(c1)CCN(c1cccn3c(CO)c(C)nc13)C2C.Cl. The molecule has 4 nitrogen and oxygen atoms in total. The molecule has 3 heterocycles. The Bertz CT molecular complexity index is 919. The van der Waals surface area contributed by atoms with Crippen LogP contribution in [-0.2, 0) is 13.0 Å². The molecule has 3 aromatic rings. The zero-order chi connectivity index (χ0) is 16.8. The van der Waals surface area contributed by atoms with Crippen LogP contribution in [-0.4, -0.2) is 21.0 Å². The van der Waals surface area contributed by atoms with Crippen LogP contribution in [0.1, 0.15) is 41.0 Å². The second-order valence-electron chi connectivity index (χ2n) is 6.71. The maximum Gasteiger partial charge on any atom is 0.161 e. The van der Waals surface area contributed by atoms with E-state index in [4.69, 9.17) is 4.98 Å². The fourth-order valence-electron chi connectivity index (χ4n) is 3.92. The Balaban J connectivity index is 0.00000182. The van der Waals surface area contributed by atoms with E-state index < -0.39 is 0 Å². The van der Waals surface area contributed by atoms with Crippen LogP contribution in [0.3, 0.4) is 0 Å². The zero-order valence-corrected chi connectivity index (χ0v) is 15.7. The molecule has 1 unspecified atom stereocenters. The Morgan fingerprint density at radius 1 is 1.24 bits per heavy atom. The number of aliphatic hydroxyl groups is 1. The molecule has 1 atom stereocenters. The second-order valence-corrected chi connectivity index (χ2v) is 6.71. The highest BCUT2D eigenvalue weighted by atomic mass is 35.5. The van der Waals surface area contributed by atoms with Gasteiger partial charge in [-0.15, -0.1) is 12.4 Å². The van der Waals surface area contributed by atoms with Crippen molar-refractivity contribution in [2.24, 2.45) is 0 Å². The van der Waals surface area contributed by atoms with Gasteiger partial charge in [-0.25, -0.2) is 4.98 Å². The summed E-state index contributed by atoms with van der Waals surface area (Å²) in [6, 6.07) is 11.3. The lowest BCUT2D eigenvalue weighted by Gasteiger charge is -2.37. The Morgan fingerprint density at radius 3 is 2.80 bits per heavy atom. The van der Waals surface area contributed by atoms with Crippen molar-refractivity contribution < 1.29 is 5.11 Å². The molecule has 0 bridgehead atoms. The first-order valence-electron chi connectivity index (χ1n) is 8.53. The maximum absolute atomic E-state index is 9.64. The average molecular weight is 358 g/mol. The monoisotopic (exact) mass is 357 g/mol. The van der Waals surface area contributed by atoms with Crippen LogP contribution in [0.5, 0.6) is 0 Å². The summed E-state index contributed by atoms with van der Waals surface area (Å²) in [6.45, 7) is 7.37. The molecule has 2 aromatic heterocycles. The summed E-state index contributed by atoms with van der Waals surface area (Å²) in [6.07, 6.45) is 3.03. The minimum Gasteiger partial charge on any atom is -0.390 e. The molecule has 0 spiro atoms. The highest BCUT2D eigenvalue weighted by Crippen LogP contribution is 2.36. The van der Waals surface area contributed by atoms with E-state index >= 15 is 0 Å². The van der Waals surface area contributed by atoms with Crippen LogP contribution in [0.4, 0.5) is 5.69 Å². The number of aromatic nitrogens is 2. The maximum atomic E-state index is 9.64. The fraction of sp³-hybridized carbons (Fsp3) is 0.350. The molecule has 0 fully saturated rings. The largest absolute Gasteiger partial charge is 0.390 e. The molecule has 0 saturated heterocycles. The Morgan fingerprint density at radius 2 is 2.04 bits per heavy atom. The van der Waals surface area contributed by atoms with Gasteiger partial charge in [-0.1, -0.05) is 23.8 Å². The lowest BCUT2D eigenvalue weighted by Crippen LogP contribution is -2.34. The number of halogens is 1. The number of aliphatic hydroxyl groups excluding tert-OH is 1. The van der Waals surface area contributed by atoms with Gasteiger partial charge in [0.2, 0.25) is 0 Å². The van der Waals surface area contributed by atoms with Gasteiger partial charge >= 0.3 is 0 Å². The van der Waals surface area contributed by atoms with Crippen molar-refractivity contribution in [2.75, 3.05) is 11.4 Å². The zero-order valence-electron chi connectivity index (χ0n) is 14.9. The molecule has 25 heavy (non-hydrogen) atoms. The van der Waals surface area contributed by atoms with E-state index in [1.54, 1.807) is 0 Å². The number of aryl methyl sites for hydroxylation is 2. The van der Waals surface area contributed by atoms with Crippen LogP contribution in [0.25, 0.3) is 5.65 Å². The number of fused-ring (bicyclic) bond motifs is 2. The van der Waals surface area contributed by atoms with E-state index in [1.165, 1.54) is 16.7 Å². The normalized spacial score (nSPS) is 16.6. The first-order valence-corrected chi connectivity index (χ1v) is 8.53. The van der Waals surface area contributed by atoms with Crippen molar-refractivity contribution in [1.82, 2.24) is 9.38 Å². The van der Waals surface area contributed by atoms with Gasteiger partial charge in [0.1, 0.15) is 0 Å². The summed E-state index contributed by atoms with van der Waals surface area (Å²) in [5, 5.41) is 9.64. The fourth-order valence-corrected chi connectivity index (χ4v) is 3.92. The predicted molar refractivity (Wildman–Crippen MR) is 104 cm³/mol. The lowest BCUT2D eigenvalue weighted by molar-refractivity contribution is 0.275. The van der Waals surface area contributed by atoms with Gasteiger partial charge < -0.3 is 10.0 Å². The van der Waals surface area contributed by atoms with Crippen molar-refractivity contribution in [3.8, 4) is 0 Å². The first kappa shape index (κ1) is 17.8. The topological polar surface area (TPSA) is 40.8 Å². The molecule has 0 aliphatic carbocycles. The van der Waals surface area contributed by atoms with Gasteiger partial charge in [-0.2, -0.15) is 0 Å². The van der Waals surface area contributed by atoms with E-state index in [0.717, 1.165) is 35.7 Å². The molecule has 132 valence electrons. The van der Waals surface area contributed by atoms with Crippen LogP contribution in [0.15, 0.2) is 36.5 Å². The van der Waals surface area contributed by atoms with Crippen molar-refractivity contribution in [3.63, 3.8) is 0 Å². The minimum atomic E-state index is 0. The highest BCUT2D eigenvalue weighted by Gasteiger charge is 2.26. The summed E-state index contributed by atoms with van der Waals surface area (Å²) < 4.78 is 2.02. The average Bonchev–Trinajstić information content (AvgIpc) is 2.90. The Labute approximate surface area is 154 Å². The molecular weight excluding hydrogens is 334 g/mol. The molecule has 1 N–H and O–H groups in total. The second kappa shape index (κ2) is 6.70. The van der Waals surface area contributed by atoms with Crippen molar-refractivity contribution in [3.05, 3.63) is 64.6 Å². The highest BCUT2D eigenvalue weighted by molar-refractivity contribution is 5.85. The third-order valence-electron chi connectivity index (χ3n) is 5.23.